The number of hydrogen-bond donors (Lipinski definition) is 2. The van der Waals surface area contributed by atoms with E-state index in [9.17, 15) is 0 Å². The van der Waals surface area contributed by atoms with Crippen molar-refractivity contribution >= 4 is 27.3 Å². The summed E-state index contributed by atoms with van der Waals surface area (Å²) in [5.41, 5.74) is 5.54. The van der Waals surface area contributed by atoms with E-state index in [1.807, 2.05) is 11.3 Å². The zero-order valence-electron chi connectivity index (χ0n) is 10.5. The van der Waals surface area contributed by atoms with Crippen molar-refractivity contribution in [1.82, 2.24) is 5.43 Å². The number of hydrazine groups is 1. The third-order valence-corrected chi connectivity index (χ3v) is 4.88. The Balaban J connectivity index is 2.16. The molecule has 2 nitrogen and oxygen atoms in total. The summed E-state index contributed by atoms with van der Waals surface area (Å²) >= 11 is 5.27. The average molecular weight is 325 g/mol. The number of aryl methyl sites for hydroxylation is 2. The maximum absolute atomic E-state index is 5.69. The summed E-state index contributed by atoms with van der Waals surface area (Å²) in [6, 6.07) is 10.8. The average Bonchev–Trinajstić information content (AvgIpc) is 2.69. The molecular formula is C14H17BrN2S. The Morgan fingerprint density at radius 3 is 2.44 bits per heavy atom. The molecule has 0 saturated heterocycles. The quantitative estimate of drug-likeness (QED) is 0.661. The van der Waals surface area contributed by atoms with Gasteiger partial charge in [0.1, 0.15) is 0 Å². The smallest absolute Gasteiger partial charge is 0.0593 e. The van der Waals surface area contributed by atoms with Gasteiger partial charge in [0, 0.05) is 14.2 Å². The van der Waals surface area contributed by atoms with Crippen LogP contribution in [0.15, 0.2) is 34.8 Å². The SMILES string of the molecule is Cc1cc(C(Cc2ccc(Br)cc2)NN)sc1C. The summed E-state index contributed by atoms with van der Waals surface area (Å²) in [5.74, 6) is 5.69. The third kappa shape index (κ3) is 3.20. The molecule has 0 aliphatic heterocycles. The molecule has 1 heterocycles. The van der Waals surface area contributed by atoms with E-state index in [1.54, 1.807) is 0 Å². The van der Waals surface area contributed by atoms with Crippen molar-refractivity contribution in [3.63, 3.8) is 0 Å². The minimum absolute atomic E-state index is 0.184. The molecule has 1 aromatic carbocycles. The monoisotopic (exact) mass is 324 g/mol. The molecule has 18 heavy (non-hydrogen) atoms. The van der Waals surface area contributed by atoms with Crippen LogP contribution < -0.4 is 11.3 Å². The zero-order valence-corrected chi connectivity index (χ0v) is 12.9. The Morgan fingerprint density at radius 2 is 1.94 bits per heavy atom. The highest BCUT2D eigenvalue weighted by Crippen LogP contribution is 2.28. The molecule has 0 fully saturated rings. The van der Waals surface area contributed by atoms with E-state index in [0.29, 0.717) is 0 Å². The molecule has 0 saturated carbocycles. The van der Waals surface area contributed by atoms with Crippen LogP contribution in [-0.4, -0.2) is 0 Å². The second kappa shape index (κ2) is 5.97. The Morgan fingerprint density at radius 1 is 1.28 bits per heavy atom. The van der Waals surface area contributed by atoms with E-state index in [2.05, 4.69) is 65.5 Å². The number of rotatable bonds is 4. The lowest BCUT2D eigenvalue weighted by Gasteiger charge is -2.14. The Kier molecular flexibility index (Phi) is 4.56. The standard InChI is InChI=1S/C14H17BrN2S/c1-9-7-14(18-10(9)2)13(17-16)8-11-3-5-12(15)6-4-11/h3-7,13,17H,8,16H2,1-2H3. The molecule has 0 aliphatic rings. The van der Waals surface area contributed by atoms with Crippen molar-refractivity contribution < 1.29 is 0 Å². The van der Waals surface area contributed by atoms with Crippen LogP contribution in [0, 0.1) is 13.8 Å². The van der Waals surface area contributed by atoms with E-state index < -0.39 is 0 Å². The van der Waals surface area contributed by atoms with Crippen LogP contribution in [0.3, 0.4) is 0 Å². The molecule has 0 spiro atoms. The molecular weight excluding hydrogens is 308 g/mol. The van der Waals surface area contributed by atoms with Crippen molar-refractivity contribution in [3.05, 3.63) is 55.7 Å². The molecule has 0 bridgehead atoms. The second-order valence-corrected chi connectivity index (χ2v) is 6.64. The van der Waals surface area contributed by atoms with E-state index >= 15 is 0 Å². The molecule has 1 unspecified atom stereocenters. The Labute approximate surface area is 120 Å². The van der Waals surface area contributed by atoms with Crippen LogP contribution in [0.1, 0.15) is 26.9 Å². The molecule has 96 valence electrons. The van der Waals surface area contributed by atoms with Crippen LogP contribution in [0.2, 0.25) is 0 Å². The van der Waals surface area contributed by atoms with Gasteiger partial charge in [-0.25, -0.2) is 0 Å². The van der Waals surface area contributed by atoms with Gasteiger partial charge in [-0.05, 0) is 49.6 Å². The third-order valence-electron chi connectivity index (χ3n) is 3.08. The lowest BCUT2D eigenvalue weighted by atomic mass is 10.0. The minimum atomic E-state index is 0.184. The highest BCUT2D eigenvalue weighted by Gasteiger charge is 2.14. The van der Waals surface area contributed by atoms with Crippen LogP contribution in [0.4, 0.5) is 0 Å². The lowest BCUT2D eigenvalue weighted by Crippen LogP contribution is -2.28. The Hall–Kier alpha value is -0.680. The molecule has 2 rings (SSSR count). The molecule has 3 N–H and O–H groups in total. The number of halogens is 1. The summed E-state index contributed by atoms with van der Waals surface area (Å²) in [6.07, 6.45) is 0.906. The zero-order chi connectivity index (χ0) is 13.1. The number of thiophene rings is 1. The highest BCUT2D eigenvalue weighted by molar-refractivity contribution is 9.10. The Bertz CT molecular complexity index is 500. The van der Waals surface area contributed by atoms with E-state index in [4.69, 9.17) is 5.84 Å². The van der Waals surface area contributed by atoms with E-state index in [1.165, 1.54) is 20.9 Å². The number of hydrogen-bond acceptors (Lipinski definition) is 3. The first kappa shape index (κ1) is 13.7. The van der Waals surface area contributed by atoms with Gasteiger partial charge >= 0.3 is 0 Å². The summed E-state index contributed by atoms with van der Waals surface area (Å²) < 4.78 is 1.10. The van der Waals surface area contributed by atoms with Crippen molar-refractivity contribution in [3.8, 4) is 0 Å². The lowest BCUT2D eigenvalue weighted by molar-refractivity contribution is 0.560. The van der Waals surface area contributed by atoms with Gasteiger partial charge in [-0.1, -0.05) is 28.1 Å². The molecule has 4 heteroatoms. The van der Waals surface area contributed by atoms with Gasteiger partial charge < -0.3 is 0 Å². The first-order valence-corrected chi connectivity index (χ1v) is 7.48. The van der Waals surface area contributed by atoms with Gasteiger partial charge in [0.05, 0.1) is 6.04 Å². The molecule has 0 radical (unpaired) electrons. The molecule has 1 atom stereocenters. The number of benzene rings is 1. The second-order valence-electron chi connectivity index (χ2n) is 4.44. The number of nitrogens with two attached hydrogens (primary N) is 1. The van der Waals surface area contributed by atoms with E-state index in [0.717, 1.165) is 10.9 Å². The molecule has 1 aromatic heterocycles. The number of nitrogens with one attached hydrogen (secondary N) is 1. The van der Waals surface area contributed by atoms with Gasteiger partial charge in [-0.15, -0.1) is 11.3 Å². The van der Waals surface area contributed by atoms with E-state index in [-0.39, 0.29) is 6.04 Å². The first-order chi connectivity index (χ1) is 8.60. The molecule has 2 aromatic rings. The van der Waals surface area contributed by atoms with Crippen molar-refractivity contribution in [1.29, 1.82) is 0 Å². The van der Waals surface area contributed by atoms with Crippen LogP contribution in [-0.2, 0) is 6.42 Å². The van der Waals surface area contributed by atoms with Gasteiger partial charge in [-0.3, -0.25) is 11.3 Å². The minimum Gasteiger partial charge on any atom is -0.271 e. The van der Waals surface area contributed by atoms with Crippen LogP contribution >= 0.6 is 27.3 Å². The van der Waals surface area contributed by atoms with Gasteiger partial charge in [-0.2, -0.15) is 0 Å². The van der Waals surface area contributed by atoms with Crippen LogP contribution in [0.25, 0.3) is 0 Å². The normalized spacial score (nSPS) is 12.7. The largest absolute Gasteiger partial charge is 0.271 e. The van der Waals surface area contributed by atoms with Crippen molar-refractivity contribution in [2.45, 2.75) is 26.3 Å². The summed E-state index contributed by atoms with van der Waals surface area (Å²) in [4.78, 5) is 2.66. The topological polar surface area (TPSA) is 38.0 Å². The van der Waals surface area contributed by atoms with Gasteiger partial charge in [0.2, 0.25) is 0 Å². The highest BCUT2D eigenvalue weighted by atomic mass is 79.9. The van der Waals surface area contributed by atoms with Crippen molar-refractivity contribution in [2.75, 3.05) is 0 Å². The van der Waals surface area contributed by atoms with Gasteiger partial charge in [0.25, 0.3) is 0 Å². The fourth-order valence-electron chi connectivity index (χ4n) is 1.87. The summed E-state index contributed by atoms with van der Waals surface area (Å²) in [7, 11) is 0. The maximum Gasteiger partial charge on any atom is 0.0593 e. The fourth-order valence-corrected chi connectivity index (χ4v) is 3.24. The molecule has 0 aliphatic carbocycles. The first-order valence-electron chi connectivity index (χ1n) is 5.87. The predicted octanol–water partition coefficient (Wildman–Crippen LogP) is 3.87. The maximum atomic E-state index is 5.69. The molecule has 0 amide bonds. The van der Waals surface area contributed by atoms with Crippen LogP contribution in [0.5, 0.6) is 0 Å². The van der Waals surface area contributed by atoms with Crippen molar-refractivity contribution in [2.24, 2.45) is 5.84 Å². The van der Waals surface area contributed by atoms with Gasteiger partial charge in [0.15, 0.2) is 0 Å². The fraction of sp³-hybridized carbons (Fsp3) is 0.286. The summed E-state index contributed by atoms with van der Waals surface area (Å²) in [6.45, 7) is 4.29. The predicted molar refractivity (Wildman–Crippen MR) is 81.7 cm³/mol. The summed E-state index contributed by atoms with van der Waals surface area (Å²) in [5, 5.41) is 0.